The van der Waals surface area contributed by atoms with E-state index in [1.807, 2.05) is 0 Å². The molecule has 0 atom stereocenters. The summed E-state index contributed by atoms with van der Waals surface area (Å²) < 4.78 is 3.98. The van der Waals surface area contributed by atoms with Gasteiger partial charge in [-0.2, -0.15) is 0 Å². The Bertz CT molecular complexity index is 198. The van der Waals surface area contributed by atoms with Crippen molar-refractivity contribution in [2.75, 3.05) is 13.2 Å². The molecular formula is C8H14BrNO3. The lowest BCUT2D eigenvalue weighted by Gasteiger charge is -2.14. The second-order valence-electron chi connectivity index (χ2n) is 2.96. The summed E-state index contributed by atoms with van der Waals surface area (Å²) >= 11 is 3.17. The summed E-state index contributed by atoms with van der Waals surface area (Å²) in [6, 6.07) is 0. The number of hydrogen-bond donors (Lipinski definition) is 1. The van der Waals surface area contributed by atoms with Crippen LogP contribution in [0.4, 0.5) is 0 Å². The molecule has 0 aliphatic heterocycles. The Balaban J connectivity index is 3.77. The van der Waals surface area contributed by atoms with Crippen LogP contribution < -0.4 is 5.32 Å². The third-order valence-corrected chi connectivity index (χ3v) is 1.60. The van der Waals surface area contributed by atoms with Crippen molar-refractivity contribution in [1.82, 2.24) is 5.32 Å². The van der Waals surface area contributed by atoms with Gasteiger partial charge in [0.25, 0.3) is 0 Å². The minimum absolute atomic E-state index is 0.0816. The fourth-order valence-corrected chi connectivity index (χ4v) is 0.715. The number of carbonyl (C=O) groups is 2. The summed E-state index contributed by atoms with van der Waals surface area (Å²) in [6.07, 6.45) is 0. The Labute approximate surface area is 86.1 Å². The summed E-state index contributed by atoms with van der Waals surface area (Å²) in [5.41, 5.74) is 0. The monoisotopic (exact) mass is 251 g/mol. The third-order valence-electron chi connectivity index (χ3n) is 1.24. The first kappa shape index (κ1) is 12.4. The molecule has 0 aliphatic carbocycles. The third kappa shape index (κ3) is 5.63. The van der Waals surface area contributed by atoms with Crippen LogP contribution in [-0.4, -0.2) is 29.4 Å². The second kappa shape index (κ2) is 5.21. The van der Waals surface area contributed by atoms with Gasteiger partial charge in [-0.3, -0.25) is 9.59 Å². The van der Waals surface area contributed by atoms with Gasteiger partial charge in [-0.05, 0) is 20.8 Å². The van der Waals surface area contributed by atoms with E-state index in [4.69, 9.17) is 0 Å². The van der Waals surface area contributed by atoms with E-state index in [9.17, 15) is 9.59 Å². The summed E-state index contributed by atoms with van der Waals surface area (Å²) in [5, 5.41) is 2.45. The van der Waals surface area contributed by atoms with Gasteiger partial charge in [0.2, 0.25) is 5.91 Å². The number of carbonyl (C=O) groups excluding carboxylic acids is 2. The predicted molar refractivity (Wildman–Crippen MR) is 52.6 cm³/mol. The molecule has 0 unspecified atom stereocenters. The normalized spacial score (nSPS) is 10.8. The zero-order valence-electron chi connectivity index (χ0n) is 8.02. The fourth-order valence-electron chi connectivity index (χ4n) is 0.575. The number of amides is 1. The molecule has 0 bridgehead atoms. The van der Waals surface area contributed by atoms with Crippen molar-refractivity contribution in [2.45, 2.75) is 25.1 Å². The molecule has 4 nitrogen and oxygen atoms in total. The lowest BCUT2D eigenvalue weighted by atomic mass is 10.2. The molecule has 0 aromatic rings. The number of nitrogens with one attached hydrogen (secondary N) is 1. The van der Waals surface area contributed by atoms with E-state index in [2.05, 4.69) is 26.0 Å². The van der Waals surface area contributed by atoms with Crippen molar-refractivity contribution < 1.29 is 14.3 Å². The largest absolute Gasteiger partial charge is 0.465 e. The van der Waals surface area contributed by atoms with Crippen LogP contribution in [0.2, 0.25) is 0 Å². The molecule has 0 aromatic heterocycles. The maximum atomic E-state index is 11.2. The molecule has 13 heavy (non-hydrogen) atoms. The minimum Gasteiger partial charge on any atom is -0.465 e. The van der Waals surface area contributed by atoms with Gasteiger partial charge in [-0.1, -0.05) is 15.9 Å². The quantitative estimate of drug-likeness (QED) is 0.595. The zero-order valence-corrected chi connectivity index (χ0v) is 9.60. The van der Waals surface area contributed by atoms with Crippen LogP contribution in [-0.2, 0) is 14.3 Å². The molecule has 0 fully saturated rings. The molecule has 0 rings (SSSR count). The standard InChI is InChI=1S/C8H14BrNO3/c1-4-13-6(11)5-10-7(12)8(2,3)9/h4-5H2,1-3H3,(H,10,12). The minimum atomic E-state index is -0.653. The number of hydrogen-bond acceptors (Lipinski definition) is 3. The first-order chi connectivity index (χ1) is 5.88. The molecule has 76 valence electrons. The average Bonchev–Trinajstić information content (AvgIpc) is 1.99. The van der Waals surface area contributed by atoms with Crippen molar-refractivity contribution >= 4 is 27.8 Å². The van der Waals surface area contributed by atoms with Gasteiger partial charge in [0.1, 0.15) is 6.54 Å². The highest BCUT2D eigenvalue weighted by molar-refractivity contribution is 9.10. The number of rotatable bonds is 4. The second-order valence-corrected chi connectivity index (χ2v) is 4.94. The van der Waals surface area contributed by atoms with Gasteiger partial charge in [0, 0.05) is 0 Å². The Morgan fingerprint density at radius 2 is 2.00 bits per heavy atom. The topological polar surface area (TPSA) is 55.4 Å². The van der Waals surface area contributed by atoms with Crippen LogP contribution in [0.5, 0.6) is 0 Å². The summed E-state index contributed by atoms with van der Waals surface area (Å²) in [5.74, 6) is -0.659. The maximum absolute atomic E-state index is 11.2. The molecule has 0 aromatic carbocycles. The van der Waals surface area contributed by atoms with Gasteiger partial charge < -0.3 is 10.1 Å². The molecule has 1 N–H and O–H groups in total. The molecule has 0 radical (unpaired) electrons. The molecule has 1 amide bonds. The number of ether oxygens (including phenoxy) is 1. The van der Waals surface area contributed by atoms with Crippen LogP contribution >= 0.6 is 15.9 Å². The molecule has 0 heterocycles. The molecule has 0 saturated carbocycles. The van der Waals surface area contributed by atoms with E-state index in [-0.39, 0.29) is 12.5 Å². The Morgan fingerprint density at radius 3 is 2.38 bits per heavy atom. The van der Waals surface area contributed by atoms with Crippen molar-refractivity contribution in [3.8, 4) is 0 Å². The SMILES string of the molecule is CCOC(=O)CNC(=O)C(C)(C)Br. The fraction of sp³-hybridized carbons (Fsp3) is 0.750. The highest BCUT2D eigenvalue weighted by atomic mass is 79.9. The van der Waals surface area contributed by atoms with Gasteiger partial charge in [0.15, 0.2) is 0 Å². The summed E-state index contributed by atoms with van der Waals surface area (Å²) in [4.78, 5) is 22.0. The smallest absolute Gasteiger partial charge is 0.325 e. The van der Waals surface area contributed by atoms with Crippen LogP contribution in [0.1, 0.15) is 20.8 Å². The summed E-state index contributed by atoms with van der Waals surface area (Å²) in [6.45, 7) is 5.36. The van der Waals surface area contributed by atoms with E-state index in [1.165, 1.54) is 0 Å². The van der Waals surface area contributed by atoms with E-state index in [0.29, 0.717) is 6.61 Å². The molecule has 0 spiro atoms. The Kier molecular flexibility index (Phi) is 4.98. The van der Waals surface area contributed by atoms with Crippen LogP contribution in [0, 0.1) is 0 Å². The average molecular weight is 252 g/mol. The van der Waals surface area contributed by atoms with Crippen LogP contribution in [0.3, 0.4) is 0 Å². The van der Waals surface area contributed by atoms with Crippen molar-refractivity contribution in [3.63, 3.8) is 0 Å². The highest BCUT2D eigenvalue weighted by Gasteiger charge is 2.23. The van der Waals surface area contributed by atoms with E-state index in [0.717, 1.165) is 0 Å². The lowest BCUT2D eigenvalue weighted by molar-refractivity contribution is -0.143. The predicted octanol–water partition coefficient (Wildman–Crippen LogP) is 0.839. The lowest BCUT2D eigenvalue weighted by Crippen LogP contribution is -2.40. The van der Waals surface area contributed by atoms with Crippen molar-refractivity contribution in [1.29, 1.82) is 0 Å². The zero-order chi connectivity index (χ0) is 10.5. The molecule has 0 aliphatic rings. The van der Waals surface area contributed by atoms with Gasteiger partial charge in [-0.25, -0.2) is 0 Å². The Hall–Kier alpha value is -0.580. The Morgan fingerprint density at radius 1 is 1.46 bits per heavy atom. The van der Waals surface area contributed by atoms with Crippen molar-refractivity contribution in [2.24, 2.45) is 0 Å². The van der Waals surface area contributed by atoms with Gasteiger partial charge in [0.05, 0.1) is 10.9 Å². The first-order valence-corrected chi connectivity index (χ1v) is 4.80. The number of esters is 1. The van der Waals surface area contributed by atoms with Gasteiger partial charge in [-0.15, -0.1) is 0 Å². The van der Waals surface area contributed by atoms with Crippen molar-refractivity contribution in [3.05, 3.63) is 0 Å². The maximum Gasteiger partial charge on any atom is 0.325 e. The van der Waals surface area contributed by atoms with E-state index >= 15 is 0 Å². The summed E-state index contributed by atoms with van der Waals surface area (Å²) in [7, 11) is 0. The molecule has 5 heteroatoms. The number of alkyl halides is 1. The van der Waals surface area contributed by atoms with E-state index in [1.54, 1.807) is 20.8 Å². The van der Waals surface area contributed by atoms with E-state index < -0.39 is 10.3 Å². The molecule has 0 saturated heterocycles. The first-order valence-electron chi connectivity index (χ1n) is 4.00. The van der Waals surface area contributed by atoms with Crippen LogP contribution in [0.15, 0.2) is 0 Å². The van der Waals surface area contributed by atoms with Crippen LogP contribution in [0.25, 0.3) is 0 Å². The highest BCUT2D eigenvalue weighted by Crippen LogP contribution is 2.14. The number of halogens is 1. The molecular weight excluding hydrogens is 238 g/mol. The van der Waals surface area contributed by atoms with Gasteiger partial charge >= 0.3 is 5.97 Å².